The first kappa shape index (κ1) is 11.0. The van der Waals surface area contributed by atoms with Crippen molar-refractivity contribution in [3.05, 3.63) is 0 Å². The number of rotatable bonds is 4. The molecule has 0 spiro atoms. The summed E-state index contributed by atoms with van der Waals surface area (Å²) < 4.78 is 0. The fourth-order valence-corrected chi connectivity index (χ4v) is 2.13. The molecule has 78 valence electrons. The van der Waals surface area contributed by atoms with Crippen LogP contribution in [-0.2, 0) is 0 Å². The lowest BCUT2D eigenvalue weighted by Crippen LogP contribution is -2.51. The van der Waals surface area contributed by atoms with Crippen molar-refractivity contribution in [2.75, 3.05) is 26.3 Å². The van der Waals surface area contributed by atoms with E-state index in [0.717, 1.165) is 25.9 Å². The summed E-state index contributed by atoms with van der Waals surface area (Å²) in [6.45, 7) is 6.47. The van der Waals surface area contributed by atoms with Gasteiger partial charge in [-0.15, -0.1) is 0 Å². The normalized spacial score (nSPS) is 22.8. The fraction of sp³-hybridized carbons (Fsp3) is 1.00. The Morgan fingerprint density at radius 3 is 2.38 bits per heavy atom. The highest BCUT2D eigenvalue weighted by molar-refractivity contribution is 4.95. The van der Waals surface area contributed by atoms with Gasteiger partial charge < -0.3 is 10.2 Å². The third-order valence-corrected chi connectivity index (χ3v) is 2.92. The molecule has 1 saturated heterocycles. The number of hydrogen-bond acceptors (Lipinski definition) is 3. The highest BCUT2D eigenvalue weighted by Crippen LogP contribution is 2.29. The standard InChI is InChI=1S/C10H21NO2/c1-9(2)6-11-5-3-4-10(11,7-12)8-13/h9,12-13H,3-8H2,1-2H3. The first-order valence-electron chi connectivity index (χ1n) is 5.11. The highest BCUT2D eigenvalue weighted by atomic mass is 16.3. The average Bonchev–Trinajstić information content (AvgIpc) is 2.48. The Labute approximate surface area is 80.4 Å². The maximum atomic E-state index is 9.30. The van der Waals surface area contributed by atoms with Crippen molar-refractivity contribution >= 4 is 0 Å². The summed E-state index contributed by atoms with van der Waals surface area (Å²) in [5.74, 6) is 0.593. The second-order valence-electron chi connectivity index (χ2n) is 4.48. The zero-order valence-electron chi connectivity index (χ0n) is 8.66. The van der Waals surface area contributed by atoms with Gasteiger partial charge in [0.05, 0.1) is 18.8 Å². The molecule has 1 aliphatic heterocycles. The third-order valence-electron chi connectivity index (χ3n) is 2.92. The van der Waals surface area contributed by atoms with Crippen LogP contribution in [0.25, 0.3) is 0 Å². The van der Waals surface area contributed by atoms with Gasteiger partial charge in [-0.3, -0.25) is 4.90 Å². The van der Waals surface area contributed by atoms with Gasteiger partial charge in [-0.25, -0.2) is 0 Å². The molecular weight excluding hydrogens is 166 g/mol. The summed E-state index contributed by atoms with van der Waals surface area (Å²) in [6.07, 6.45) is 2.01. The molecule has 0 bridgehead atoms. The summed E-state index contributed by atoms with van der Waals surface area (Å²) in [6, 6.07) is 0. The first-order valence-corrected chi connectivity index (χ1v) is 5.11. The van der Waals surface area contributed by atoms with E-state index in [0.29, 0.717) is 5.92 Å². The van der Waals surface area contributed by atoms with E-state index in [9.17, 15) is 10.2 Å². The van der Waals surface area contributed by atoms with Gasteiger partial charge in [0.15, 0.2) is 0 Å². The van der Waals surface area contributed by atoms with Crippen LogP contribution in [0.15, 0.2) is 0 Å². The largest absolute Gasteiger partial charge is 0.394 e. The molecule has 0 radical (unpaired) electrons. The van der Waals surface area contributed by atoms with E-state index in [1.54, 1.807) is 0 Å². The lowest BCUT2D eigenvalue weighted by Gasteiger charge is -2.36. The van der Waals surface area contributed by atoms with Gasteiger partial charge in [0.1, 0.15) is 0 Å². The van der Waals surface area contributed by atoms with Gasteiger partial charge in [-0.1, -0.05) is 13.8 Å². The molecule has 13 heavy (non-hydrogen) atoms. The van der Waals surface area contributed by atoms with Crippen molar-refractivity contribution < 1.29 is 10.2 Å². The molecule has 3 heteroatoms. The third kappa shape index (κ3) is 2.22. The minimum Gasteiger partial charge on any atom is -0.394 e. The molecule has 0 saturated carbocycles. The van der Waals surface area contributed by atoms with E-state index >= 15 is 0 Å². The number of aliphatic hydroxyl groups is 2. The number of nitrogens with zero attached hydrogens (tertiary/aromatic N) is 1. The second kappa shape index (κ2) is 4.40. The van der Waals surface area contributed by atoms with Crippen molar-refractivity contribution in [3.63, 3.8) is 0 Å². The Balaban J connectivity index is 2.60. The minimum atomic E-state index is -0.329. The van der Waals surface area contributed by atoms with Crippen LogP contribution in [0.5, 0.6) is 0 Å². The quantitative estimate of drug-likeness (QED) is 0.672. The molecular formula is C10H21NO2. The summed E-state index contributed by atoms with van der Waals surface area (Å²) in [7, 11) is 0. The lowest BCUT2D eigenvalue weighted by molar-refractivity contribution is 0.00951. The van der Waals surface area contributed by atoms with Crippen molar-refractivity contribution in [3.8, 4) is 0 Å². The molecule has 0 aromatic rings. The van der Waals surface area contributed by atoms with Gasteiger partial charge in [0.25, 0.3) is 0 Å². The van der Waals surface area contributed by atoms with E-state index in [-0.39, 0.29) is 18.8 Å². The van der Waals surface area contributed by atoms with Crippen molar-refractivity contribution in [1.82, 2.24) is 4.90 Å². The van der Waals surface area contributed by atoms with Crippen LogP contribution in [0.4, 0.5) is 0 Å². The Kier molecular flexibility index (Phi) is 3.71. The summed E-state index contributed by atoms with van der Waals surface area (Å²) in [5.41, 5.74) is -0.329. The van der Waals surface area contributed by atoms with Crippen LogP contribution in [-0.4, -0.2) is 47.0 Å². The minimum absolute atomic E-state index is 0.0796. The molecule has 0 aromatic heterocycles. The summed E-state index contributed by atoms with van der Waals surface area (Å²) in [5, 5.41) is 18.6. The van der Waals surface area contributed by atoms with Crippen LogP contribution >= 0.6 is 0 Å². The first-order chi connectivity index (χ1) is 6.14. The maximum absolute atomic E-state index is 9.30. The van der Waals surface area contributed by atoms with Gasteiger partial charge in [-0.05, 0) is 25.3 Å². The molecule has 1 fully saturated rings. The van der Waals surface area contributed by atoms with Crippen LogP contribution in [0.2, 0.25) is 0 Å². The Morgan fingerprint density at radius 1 is 1.31 bits per heavy atom. The molecule has 1 heterocycles. The highest BCUT2D eigenvalue weighted by Gasteiger charge is 2.39. The maximum Gasteiger partial charge on any atom is 0.0673 e. The van der Waals surface area contributed by atoms with E-state index in [4.69, 9.17) is 0 Å². The van der Waals surface area contributed by atoms with Crippen LogP contribution in [0.3, 0.4) is 0 Å². The fourth-order valence-electron chi connectivity index (χ4n) is 2.13. The monoisotopic (exact) mass is 187 g/mol. The topological polar surface area (TPSA) is 43.7 Å². The zero-order chi connectivity index (χ0) is 9.90. The summed E-state index contributed by atoms with van der Waals surface area (Å²) in [4.78, 5) is 2.23. The zero-order valence-corrected chi connectivity index (χ0v) is 8.66. The average molecular weight is 187 g/mol. The van der Waals surface area contributed by atoms with Crippen LogP contribution < -0.4 is 0 Å². The predicted octanol–water partition coefficient (Wildman–Crippen LogP) is 0.462. The SMILES string of the molecule is CC(C)CN1CCCC1(CO)CO. The Morgan fingerprint density at radius 2 is 1.92 bits per heavy atom. The molecule has 3 nitrogen and oxygen atoms in total. The summed E-state index contributed by atoms with van der Waals surface area (Å²) >= 11 is 0. The van der Waals surface area contributed by atoms with Crippen molar-refractivity contribution in [2.24, 2.45) is 5.92 Å². The van der Waals surface area contributed by atoms with Gasteiger partial charge in [0.2, 0.25) is 0 Å². The van der Waals surface area contributed by atoms with Crippen LogP contribution in [0, 0.1) is 5.92 Å². The van der Waals surface area contributed by atoms with Gasteiger partial charge >= 0.3 is 0 Å². The van der Waals surface area contributed by atoms with E-state index in [2.05, 4.69) is 18.7 Å². The molecule has 2 N–H and O–H groups in total. The van der Waals surface area contributed by atoms with Gasteiger partial charge in [-0.2, -0.15) is 0 Å². The molecule has 0 aromatic carbocycles. The molecule has 0 amide bonds. The second-order valence-corrected chi connectivity index (χ2v) is 4.48. The molecule has 1 rings (SSSR count). The van der Waals surface area contributed by atoms with Crippen LogP contribution in [0.1, 0.15) is 26.7 Å². The molecule has 0 aliphatic carbocycles. The lowest BCUT2D eigenvalue weighted by atomic mass is 9.98. The van der Waals surface area contributed by atoms with E-state index in [1.165, 1.54) is 0 Å². The molecule has 0 unspecified atom stereocenters. The van der Waals surface area contributed by atoms with Crippen molar-refractivity contribution in [2.45, 2.75) is 32.2 Å². The molecule has 0 atom stereocenters. The van der Waals surface area contributed by atoms with Gasteiger partial charge in [0, 0.05) is 6.54 Å². The Hall–Kier alpha value is -0.120. The van der Waals surface area contributed by atoms with Crippen molar-refractivity contribution in [1.29, 1.82) is 0 Å². The van der Waals surface area contributed by atoms with E-state index < -0.39 is 0 Å². The Bertz CT molecular complexity index is 155. The number of likely N-dealkylation sites (tertiary alicyclic amines) is 1. The molecule has 1 aliphatic rings. The van der Waals surface area contributed by atoms with E-state index in [1.807, 2.05) is 0 Å². The smallest absolute Gasteiger partial charge is 0.0673 e. The number of aliphatic hydroxyl groups excluding tert-OH is 2. The number of hydrogen-bond donors (Lipinski definition) is 2. The predicted molar refractivity (Wildman–Crippen MR) is 52.5 cm³/mol.